The van der Waals surface area contributed by atoms with E-state index >= 15 is 0 Å². The van der Waals surface area contributed by atoms with Gasteiger partial charge in [0.2, 0.25) is 11.8 Å². The number of carbonyl (C=O) groups is 2. The molecule has 2 atom stereocenters. The monoisotopic (exact) mass is 455 g/mol. The van der Waals surface area contributed by atoms with Gasteiger partial charge in [-0.3, -0.25) is 14.5 Å². The first kappa shape index (κ1) is 22.8. The summed E-state index contributed by atoms with van der Waals surface area (Å²) in [4.78, 5) is 29.4. The van der Waals surface area contributed by atoms with Gasteiger partial charge in [-0.15, -0.1) is 0 Å². The van der Waals surface area contributed by atoms with Crippen molar-refractivity contribution >= 4 is 23.4 Å². The molecule has 6 nitrogen and oxygen atoms in total. The molecular weight excluding hydrogens is 426 g/mol. The number of morpholine rings is 1. The highest BCUT2D eigenvalue weighted by atomic mass is 35.5. The molecule has 170 valence electrons. The van der Waals surface area contributed by atoms with E-state index in [0.717, 1.165) is 30.6 Å². The average molecular weight is 456 g/mol. The molecule has 2 amide bonds. The average Bonchev–Trinajstić information content (AvgIpc) is 2.81. The maximum atomic E-state index is 13.1. The largest absolute Gasteiger partial charge is 0.379 e. The SMILES string of the molecule is CC(=O)N1CCc2ccccc2C1CC(=O)NCC(c1ccccc1Cl)N1CCOCC1. The van der Waals surface area contributed by atoms with E-state index in [1.54, 1.807) is 6.92 Å². The minimum Gasteiger partial charge on any atom is -0.379 e. The predicted molar refractivity (Wildman–Crippen MR) is 124 cm³/mol. The standard InChI is InChI=1S/C25H30ClN3O3/c1-18(30)29-11-10-19-6-2-3-7-20(19)23(29)16-25(31)27-17-24(28-12-14-32-15-13-28)21-8-4-5-9-22(21)26/h2-9,23-24H,10-17H2,1H3,(H,27,31). The zero-order valence-electron chi connectivity index (χ0n) is 18.4. The lowest BCUT2D eigenvalue weighted by Gasteiger charge is -2.37. The van der Waals surface area contributed by atoms with Gasteiger partial charge < -0.3 is 15.0 Å². The number of nitrogens with one attached hydrogen (secondary N) is 1. The van der Waals surface area contributed by atoms with Gasteiger partial charge in [-0.25, -0.2) is 0 Å². The van der Waals surface area contributed by atoms with Gasteiger partial charge in [0.15, 0.2) is 0 Å². The van der Waals surface area contributed by atoms with Crippen molar-refractivity contribution in [3.05, 3.63) is 70.2 Å². The molecule has 0 aliphatic carbocycles. The van der Waals surface area contributed by atoms with E-state index in [1.807, 2.05) is 47.4 Å². The third kappa shape index (κ3) is 5.14. The van der Waals surface area contributed by atoms with Gasteiger partial charge in [0.25, 0.3) is 0 Å². The summed E-state index contributed by atoms with van der Waals surface area (Å²) in [6.45, 7) is 5.59. The second kappa shape index (κ2) is 10.5. The van der Waals surface area contributed by atoms with E-state index in [-0.39, 0.29) is 30.3 Å². The lowest BCUT2D eigenvalue weighted by Crippen LogP contribution is -2.45. The molecule has 4 rings (SSSR count). The Labute approximate surface area is 194 Å². The topological polar surface area (TPSA) is 61.9 Å². The lowest BCUT2D eigenvalue weighted by atomic mass is 9.90. The van der Waals surface area contributed by atoms with Gasteiger partial charge in [-0.05, 0) is 29.2 Å². The van der Waals surface area contributed by atoms with Crippen molar-refractivity contribution in [2.75, 3.05) is 39.4 Å². The molecule has 0 saturated carbocycles. The van der Waals surface area contributed by atoms with Crippen LogP contribution in [0.2, 0.25) is 5.02 Å². The summed E-state index contributed by atoms with van der Waals surface area (Å²) in [6, 6.07) is 15.6. The normalized spacial score (nSPS) is 19.8. The molecule has 32 heavy (non-hydrogen) atoms. The first-order valence-corrected chi connectivity index (χ1v) is 11.6. The molecule has 2 unspecified atom stereocenters. The van der Waals surface area contributed by atoms with Crippen LogP contribution >= 0.6 is 11.6 Å². The zero-order valence-corrected chi connectivity index (χ0v) is 19.2. The van der Waals surface area contributed by atoms with Gasteiger partial charge in [-0.2, -0.15) is 0 Å². The molecule has 1 fully saturated rings. The summed E-state index contributed by atoms with van der Waals surface area (Å²) in [6.07, 6.45) is 1.06. The fourth-order valence-electron chi connectivity index (χ4n) is 4.78. The van der Waals surface area contributed by atoms with E-state index < -0.39 is 0 Å². The highest BCUT2D eigenvalue weighted by molar-refractivity contribution is 6.31. The number of amides is 2. The second-order valence-electron chi connectivity index (χ2n) is 8.37. The summed E-state index contributed by atoms with van der Waals surface area (Å²) < 4.78 is 5.51. The highest BCUT2D eigenvalue weighted by Gasteiger charge is 2.31. The second-order valence-corrected chi connectivity index (χ2v) is 8.78. The van der Waals surface area contributed by atoms with Crippen LogP contribution in [0.5, 0.6) is 0 Å². The maximum Gasteiger partial charge on any atom is 0.222 e. The number of fused-ring (bicyclic) bond motifs is 1. The predicted octanol–water partition coefficient (Wildman–Crippen LogP) is 3.37. The molecule has 1 N–H and O–H groups in total. The van der Waals surface area contributed by atoms with Crippen LogP contribution in [-0.4, -0.2) is 61.0 Å². The highest BCUT2D eigenvalue weighted by Crippen LogP contribution is 2.33. The van der Waals surface area contributed by atoms with E-state index in [4.69, 9.17) is 16.3 Å². The first-order valence-electron chi connectivity index (χ1n) is 11.2. The van der Waals surface area contributed by atoms with Crippen molar-refractivity contribution in [2.45, 2.75) is 31.8 Å². The van der Waals surface area contributed by atoms with E-state index in [1.165, 1.54) is 5.56 Å². The number of rotatable bonds is 6. The van der Waals surface area contributed by atoms with Crippen molar-refractivity contribution in [2.24, 2.45) is 0 Å². The number of ether oxygens (including phenoxy) is 1. The number of carbonyl (C=O) groups excluding carboxylic acids is 2. The van der Waals surface area contributed by atoms with E-state index in [0.29, 0.717) is 31.3 Å². The number of nitrogens with zero attached hydrogens (tertiary/aromatic N) is 2. The van der Waals surface area contributed by atoms with Gasteiger partial charge >= 0.3 is 0 Å². The van der Waals surface area contributed by atoms with Crippen molar-refractivity contribution in [1.82, 2.24) is 15.1 Å². The smallest absolute Gasteiger partial charge is 0.222 e. The molecule has 0 aromatic heterocycles. The number of benzene rings is 2. The molecular formula is C25H30ClN3O3. The Morgan fingerprint density at radius 3 is 2.56 bits per heavy atom. The molecule has 0 bridgehead atoms. The van der Waals surface area contributed by atoms with Crippen LogP contribution < -0.4 is 5.32 Å². The maximum absolute atomic E-state index is 13.1. The van der Waals surface area contributed by atoms with Gasteiger partial charge in [0.1, 0.15) is 0 Å². The molecule has 2 aromatic rings. The summed E-state index contributed by atoms with van der Waals surface area (Å²) in [7, 11) is 0. The van der Waals surface area contributed by atoms with Crippen molar-refractivity contribution < 1.29 is 14.3 Å². The molecule has 2 heterocycles. The molecule has 2 aliphatic heterocycles. The van der Waals surface area contributed by atoms with Crippen LogP contribution in [0.1, 0.15) is 42.1 Å². The number of hydrogen-bond acceptors (Lipinski definition) is 4. The minimum absolute atomic E-state index is 0.000404. The Balaban J connectivity index is 1.48. The van der Waals surface area contributed by atoms with Crippen LogP contribution in [0.3, 0.4) is 0 Å². The van der Waals surface area contributed by atoms with Crippen molar-refractivity contribution in [3.63, 3.8) is 0 Å². The Bertz CT molecular complexity index is 961. The third-order valence-corrected chi connectivity index (χ3v) is 6.78. The fourth-order valence-corrected chi connectivity index (χ4v) is 5.04. The van der Waals surface area contributed by atoms with E-state index in [9.17, 15) is 9.59 Å². The van der Waals surface area contributed by atoms with Crippen LogP contribution in [0, 0.1) is 0 Å². The van der Waals surface area contributed by atoms with Gasteiger partial charge in [0.05, 0.1) is 31.7 Å². The minimum atomic E-state index is -0.236. The Kier molecular flexibility index (Phi) is 7.45. The fraction of sp³-hybridized carbons (Fsp3) is 0.440. The molecule has 2 aliphatic rings. The van der Waals surface area contributed by atoms with Crippen LogP contribution in [0.4, 0.5) is 0 Å². The summed E-state index contributed by atoms with van der Waals surface area (Å²) in [5.74, 6) is -0.0668. The molecule has 2 aromatic carbocycles. The van der Waals surface area contributed by atoms with Crippen LogP contribution in [0.15, 0.2) is 48.5 Å². The summed E-state index contributed by atoms with van der Waals surface area (Å²) >= 11 is 6.50. The van der Waals surface area contributed by atoms with Crippen LogP contribution in [-0.2, 0) is 20.7 Å². The van der Waals surface area contributed by atoms with Crippen molar-refractivity contribution in [3.8, 4) is 0 Å². The molecule has 1 saturated heterocycles. The number of halogens is 1. The molecule has 0 spiro atoms. The Morgan fingerprint density at radius 2 is 1.81 bits per heavy atom. The lowest BCUT2D eigenvalue weighted by molar-refractivity contribution is -0.133. The first-order chi connectivity index (χ1) is 15.5. The van der Waals surface area contributed by atoms with Gasteiger partial charge in [-0.1, -0.05) is 54.1 Å². The quantitative estimate of drug-likeness (QED) is 0.725. The van der Waals surface area contributed by atoms with Gasteiger partial charge in [0, 0.05) is 38.1 Å². The number of hydrogen-bond donors (Lipinski definition) is 1. The third-order valence-electron chi connectivity index (χ3n) is 6.44. The Hall–Kier alpha value is -2.41. The zero-order chi connectivity index (χ0) is 22.5. The van der Waals surface area contributed by atoms with Crippen molar-refractivity contribution in [1.29, 1.82) is 0 Å². The summed E-state index contributed by atoms with van der Waals surface area (Å²) in [5.41, 5.74) is 3.29. The Morgan fingerprint density at radius 1 is 1.09 bits per heavy atom. The van der Waals surface area contributed by atoms with E-state index in [2.05, 4.69) is 16.3 Å². The van der Waals surface area contributed by atoms with Crippen LogP contribution in [0.25, 0.3) is 0 Å². The summed E-state index contributed by atoms with van der Waals surface area (Å²) in [5, 5.41) is 3.82. The molecule has 0 radical (unpaired) electrons. The molecule has 7 heteroatoms.